The highest BCUT2D eigenvalue weighted by Gasteiger charge is 2.04. The fourth-order valence-electron chi connectivity index (χ4n) is 1.92. The lowest BCUT2D eigenvalue weighted by atomic mass is 10.1. The Morgan fingerprint density at radius 3 is 2.59 bits per heavy atom. The number of phenolic OH excluding ortho intramolecular Hbond substituents is 1. The summed E-state index contributed by atoms with van der Waals surface area (Å²) in [6.45, 7) is 2.92. The van der Waals surface area contributed by atoms with E-state index in [9.17, 15) is 5.11 Å². The van der Waals surface area contributed by atoms with Crippen LogP contribution >= 0.6 is 0 Å². The van der Waals surface area contributed by atoms with E-state index in [1.165, 1.54) is 12.8 Å². The lowest BCUT2D eigenvalue weighted by molar-refractivity contribution is 0.309. The van der Waals surface area contributed by atoms with E-state index in [4.69, 9.17) is 4.74 Å². The van der Waals surface area contributed by atoms with E-state index in [1.807, 2.05) is 30.3 Å². The van der Waals surface area contributed by atoms with E-state index in [0.29, 0.717) is 5.75 Å². The van der Waals surface area contributed by atoms with Crippen LogP contribution in [0.4, 0.5) is 0 Å². The lowest BCUT2D eigenvalue weighted by Gasteiger charge is -2.09. The van der Waals surface area contributed by atoms with Gasteiger partial charge in [0.05, 0.1) is 6.61 Å². The topological polar surface area (TPSA) is 29.5 Å². The Bertz CT molecular complexity index is 491. The Balaban J connectivity index is 2.19. The smallest absolute Gasteiger partial charge is 0.127 e. The van der Waals surface area contributed by atoms with Gasteiger partial charge in [-0.05, 0) is 18.6 Å². The molecule has 1 N–H and O–H groups in total. The third-order valence-electron chi connectivity index (χ3n) is 2.86. The van der Waals surface area contributed by atoms with Crippen LogP contribution in [0.1, 0.15) is 26.2 Å². The fraction of sp³-hybridized carbons (Fsp3) is 0.333. The quantitative estimate of drug-likeness (QED) is 0.783. The standard InChI is InChI=1S/C15H18O2/c1-2-3-4-11-17-15-10-6-7-12-13(15)8-5-9-14(12)16/h5-10,16H,2-4,11H2,1H3. The number of unbranched alkanes of at least 4 members (excludes halogenated alkanes) is 2. The second-order valence-electron chi connectivity index (χ2n) is 4.18. The number of rotatable bonds is 5. The highest BCUT2D eigenvalue weighted by molar-refractivity contribution is 5.92. The van der Waals surface area contributed by atoms with Crippen LogP contribution in [0, 0.1) is 0 Å². The third-order valence-corrected chi connectivity index (χ3v) is 2.86. The maximum atomic E-state index is 9.75. The van der Waals surface area contributed by atoms with Gasteiger partial charge in [-0.15, -0.1) is 0 Å². The first-order valence-electron chi connectivity index (χ1n) is 6.16. The van der Waals surface area contributed by atoms with Crippen LogP contribution < -0.4 is 4.74 Å². The predicted molar refractivity (Wildman–Crippen MR) is 70.6 cm³/mol. The van der Waals surface area contributed by atoms with Crippen LogP contribution in [0.25, 0.3) is 10.8 Å². The van der Waals surface area contributed by atoms with Gasteiger partial charge in [0.15, 0.2) is 0 Å². The molecular weight excluding hydrogens is 212 g/mol. The van der Waals surface area contributed by atoms with Gasteiger partial charge in [-0.25, -0.2) is 0 Å². The highest BCUT2D eigenvalue weighted by atomic mass is 16.5. The van der Waals surface area contributed by atoms with Gasteiger partial charge >= 0.3 is 0 Å². The van der Waals surface area contributed by atoms with Crippen LogP contribution in [-0.2, 0) is 0 Å². The normalized spacial score (nSPS) is 10.6. The number of benzene rings is 2. The molecule has 0 unspecified atom stereocenters. The first-order valence-corrected chi connectivity index (χ1v) is 6.16. The van der Waals surface area contributed by atoms with Gasteiger partial charge in [0, 0.05) is 10.8 Å². The predicted octanol–water partition coefficient (Wildman–Crippen LogP) is 4.11. The van der Waals surface area contributed by atoms with Gasteiger partial charge in [-0.3, -0.25) is 0 Å². The summed E-state index contributed by atoms with van der Waals surface area (Å²) in [6.07, 6.45) is 3.46. The van der Waals surface area contributed by atoms with Crippen LogP contribution in [0.3, 0.4) is 0 Å². The first kappa shape index (κ1) is 11.8. The Morgan fingerprint density at radius 1 is 1.00 bits per heavy atom. The zero-order valence-electron chi connectivity index (χ0n) is 10.1. The van der Waals surface area contributed by atoms with Crippen molar-refractivity contribution in [2.75, 3.05) is 6.61 Å². The SMILES string of the molecule is CCCCCOc1cccc2c(O)cccc12. The van der Waals surface area contributed by atoms with Gasteiger partial charge in [-0.1, -0.05) is 44.0 Å². The van der Waals surface area contributed by atoms with E-state index in [1.54, 1.807) is 6.07 Å². The summed E-state index contributed by atoms with van der Waals surface area (Å²) in [5.74, 6) is 1.16. The van der Waals surface area contributed by atoms with Crippen molar-refractivity contribution >= 4 is 10.8 Å². The fourth-order valence-corrected chi connectivity index (χ4v) is 1.92. The summed E-state index contributed by atoms with van der Waals surface area (Å²) in [5.41, 5.74) is 0. The largest absolute Gasteiger partial charge is 0.507 e. The molecule has 2 heteroatoms. The number of fused-ring (bicyclic) bond motifs is 1. The number of aromatic hydroxyl groups is 1. The van der Waals surface area contributed by atoms with Crippen molar-refractivity contribution < 1.29 is 9.84 Å². The molecule has 0 heterocycles. The molecule has 2 aromatic rings. The molecule has 90 valence electrons. The molecule has 0 aliphatic rings. The molecular formula is C15H18O2. The van der Waals surface area contributed by atoms with E-state index in [2.05, 4.69) is 6.92 Å². The van der Waals surface area contributed by atoms with Gasteiger partial charge < -0.3 is 9.84 Å². The molecule has 0 amide bonds. The molecule has 0 aliphatic heterocycles. The van der Waals surface area contributed by atoms with Gasteiger partial charge in [0.25, 0.3) is 0 Å². The molecule has 0 saturated carbocycles. The Morgan fingerprint density at radius 2 is 1.76 bits per heavy atom. The number of phenols is 1. The van der Waals surface area contributed by atoms with Gasteiger partial charge in [0.2, 0.25) is 0 Å². The van der Waals surface area contributed by atoms with Crippen LogP contribution in [-0.4, -0.2) is 11.7 Å². The summed E-state index contributed by atoms with van der Waals surface area (Å²) in [5, 5.41) is 11.6. The molecule has 0 fully saturated rings. The Hall–Kier alpha value is -1.70. The average molecular weight is 230 g/mol. The molecule has 0 radical (unpaired) electrons. The van der Waals surface area contributed by atoms with Crippen molar-refractivity contribution in [3.05, 3.63) is 36.4 Å². The zero-order chi connectivity index (χ0) is 12.1. The molecule has 0 atom stereocenters. The molecule has 0 spiro atoms. The summed E-state index contributed by atoms with van der Waals surface area (Å²) < 4.78 is 5.77. The summed E-state index contributed by atoms with van der Waals surface area (Å²) in [4.78, 5) is 0. The van der Waals surface area contributed by atoms with E-state index in [-0.39, 0.29) is 0 Å². The van der Waals surface area contributed by atoms with Gasteiger partial charge in [-0.2, -0.15) is 0 Å². The maximum absolute atomic E-state index is 9.75. The van der Waals surface area contributed by atoms with Crippen LogP contribution in [0.5, 0.6) is 11.5 Å². The minimum Gasteiger partial charge on any atom is -0.507 e. The molecule has 0 aliphatic carbocycles. The van der Waals surface area contributed by atoms with Gasteiger partial charge in [0.1, 0.15) is 11.5 Å². The minimum atomic E-state index is 0.307. The molecule has 17 heavy (non-hydrogen) atoms. The minimum absolute atomic E-state index is 0.307. The number of hydrogen-bond acceptors (Lipinski definition) is 2. The molecule has 0 aromatic heterocycles. The number of hydrogen-bond donors (Lipinski definition) is 1. The zero-order valence-corrected chi connectivity index (χ0v) is 10.1. The van der Waals surface area contributed by atoms with E-state index >= 15 is 0 Å². The monoisotopic (exact) mass is 230 g/mol. The van der Waals surface area contributed by atoms with E-state index in [0.717, 1.165) is 29.5 Å². The van der Waals surface area contributed by atoms with Crippen molar-refractivity contribution in [1.82, 2.24) is 0 Å². The third kappa shape index (κ3) is 2.70. The summed E-state index contributed by atoms with van der Waals surface area (Å²) >= 11 is 0. The summed E-state index contributed by atoms with van der Waals surface area (Å²) in [6, 6.07) is 11.3. The van der Waals surface area contributed by atoms with E-state index < -0.39 is 0 Å². The van der Waals surface area contributed by atoms with Crippen molar-refractivity contribution in [3.8, 4) is 11.5 Å². The summed E-state index contributed by atoms with van der Waals surface area (Å²) in [7, 11) is 0. The van der Waals surface area contributed by atoms with Crippen molar-refractivity contribution in [3.63, 3.8) is 0 Å². The second kappa shape index (κ2) is 5.58. The van der Waals surface area contributed by atoms with Crippen molar-refractivity contribution in [1.29, 1.82) is 0 Å². The Labute approximate surface area is 102 Å². The Kier molecular flexibility index (Phi) is 3.86. The molecule has 2 rings (SSSR count). The average Bonchev–Trinajstić information content (AvgIpc) is 2.36. The molecule has 2 nitrogen and oxygen atoms in total. The molecule has 2 aromatic carbocycles. The van der Waals surface area contributed by atoms with Crippen LogP contribution in [0.15, 0.2) is 36.4 Å². The lowest BCUT2D eigenvalue weighted by Crippen LogP contribution is -1.97. The van der Waals surface area contributed by atoms with Crippen molar-refractivity contribution in [2.24, 2.45) is 0 Å². The highest BCUT2D eigenvalue weighted by Crippen LogP contribution is 2.31. The number of ether oxygens (including phenoxy) is 1. The van der Waals surface area contributed by atoms with Crippen LogP contribution in [0.2, 0.25) is 0 Å². The maximum Gasteiger partial charge on any atom is 0.127 e. The molecule has 0 bridgehead atoms. The second-order valence-corrected chi connectivity index (χ2v) is 4.18. The molecule has 0 saturated heterocycles. The van der Waals surface area contributed by atoms with Crippen molar-refractivity contribution in [2.45, 2.75) is 26.2 Å². The first-order chi connectivity index (χ1) is 8.33.